The summed E-state index contributed by atoms with van der Waals surface area (Å²) in [4.78, 5) is 10.4. The zero-order valence-corrected chi connectivity index (χ0v) is 11.4. The van der Waals surface area contributed by atoms with E-state index in [2.05, 4.69) is 43.3 Å². The first-order valence-electron chi connectivity index (χ1n) is 6.87. The molecule has 0 heterocycles. The molecule has 0 saturated heterocycles. The predicted molar refractivity (Wildman–Crippen MR) is 78.5 cm³/mol. The highest BCUT2D eigenvalue weighted by Gasteiger charge is 2.03. The van der Waals surface area contributed by atoms with Crippen molar-refractivity contribution in [2.75, 3.05) is 0 Å². The summed E-state index contributed by atoms with van der Waals surface area (Å²) in [5.41, 5.74) is 2.68. The molecule has 2 heteroatoms. The first-order valence-corrected chi connectivity index (χ1v) is 6.87. The maximum Gasteiger partial charge on any atom is 0.303 e. The second-order valence-corrected chi connectivity index (χ2v) is 5.04. The van der Waals surface area contributed by atoms with Crippen molar-refractivity contribution in [1.82, 2.24) is 0 Å². The number of fused-ring (bicyclic) bond motifs is 1. The molecule has 100 valence electrons. The average molecular weight is 256 g/mol. The second-order valence-electron chi connectivity index (χ2n) is 5.04. The minimum Gasteiger partial charge on any atom is -0.481 e. The van der Waals surface area contributed by atoms with Gasteiger partial charge in [0.05, 0.1) is 0 Å². The van der Waals surface area contributed by atoms with E-state index in [0.717, 1.165) is 25.7 Å². The summed E-state index contributed by atoms with van der Waals surface area (Å²) in [6, 6.07) is 12.9. The molecule has 2 aromatic rings. The Morgan fingerprint density at radius 3 is 2.47 bits per heavy atom. The van der Waals surface area contributed by atoms with Gasteiger partial charge in [-0.2, -0.15) is 0 Å². The van der Waals surface area contributed by atoms with Crippen LogP contribution in [0.15, 0.2) is 36.4 Å². The summed E-state index contributed by atoms with van der Waals surface area (Å²) < 4.78 is 0. The highest BCUT2D eigenvalue weighted by atomic mass is 16.4. The van der Waals surface area contributed by atoms with E-state index in [1.54, 1.807) is 0 Å². The second kappa shape index (κ2) is 6.37. The number of benzene rings is 2. The number of unbranched alkanes of at least 4 members (excludes halogenated alkanes) is 2. The molecule has 0 saturated carbocycles. The maximum absolute atomic E-state index is 10.4. The smallest absolute Gasteiger partial charge is 0.303 e. The number of carboxylic acids is 1. The van der Waals surface area contributed by atoms with E-state index in [-0.39, 0.29) is 6.42 Å². The quantitative estimate of drug-likeness (QED) is 0.781. The third-order valence-electron chi connectivity index (χ3n) is 3.57. The van der Waals surface area contributed by atoms with E-state index >= 15 is 0 Å². The fraction of sp³-hybridized carbons (Fsp3) is 0.353. The molecule has 2 rings (SSSR count). The van der Waals surface area contributed by atoms with Crippen LogP contribution < -0.4 is 0 Å². The van der Waals surface area contributed by atoms with Crippen molar-refractivity contribution < 1.29 is 9.90 Å². The highest BCUT2D eigenvalue weighted by molar-refractivity contribution is 5.88. The number of carbonyl (C=O) groups is 1. The zero-order chi connectivity index (χ0) is 13.7. The summed E-state index contributed by atoms with van der Waals surface area (Å²) in [5, 5.41) is 11.3. The number of carboxylic acid groups (broad SMARTS) is 1. The highest BCUT2D eigenvalue weighted by Crippen LogP contribution is 2.23. The molecule has 0 bridgehead atoms. The molecule has 0 fully saturated rings. The van der Waals surface area contributed by atoms with Crippen LogP contribution in [0.1, 0.15) is 36.8 Å². The predicted octanol–water partition coefficient (Wildman–Crippen LogP) is 4.34. The first kappa shape index (κ1) is 13.6. The Kier molecular flexibility index (Phi) is 4.56. The topological polar surface area (TPSA) is 37.3 Å². The van der Waals surface area contributed by atoms with Gasteiger partial charge in [0.15, 0.2) is 0 Å². The van der Waals surface area contributed by atoms with Gasteiger partial charge in [0, 0.05) is 6.42 Å². The van der Waals surface area contributed by atoms with Gasteiger partial charge in [0.1, 0.15) is 0 Å². The van der Waals surface area contributed by atoms with E-state index in [4.69, 9.17) is 5.11 Å². The molecule has 0 spiro atoms. The number of aryl methyl sites for hydroxylation is 2. The van der Waals surface area contributed by atoms with Gasteiger partial charge < -0.3 is 5.11 Å². The lowest BCUT2D eigenvalue weighted by Gasteiger charge is -2.08. The van der Waals surface area contributed by atoms with Crippen LogP contribution in [-0.4, -0.2) is 11.1 Å². The summed E-state index contributed by atoms with van der Waals surface area (Å²) in [6.45, 7) is 2.14. The van der Waals surface area contributed by atoms with Crippen LogP contribution in [0.3, 0.4) is 0 Å². The molecule has 2 aromatic carbocycles. The third kappa shape index (κ3) is 3.57. The number of rotatable bonds is 6. The monoisotopic (exact) mass is 256 g/mol. The van der Waals surface area contributed by atoms with Crippen molar-refractivity contribution in [3.05, 3.63) is 47.5 Å². The Bertz CT molecular complexity index is 572. The molecule has 1 N–H and O–H groups in total. The van der Waals surface area contributed by atoms with Crippen molar-refractivity contribution in [2.24, 2.45) is 0 Å². The van der Waals surface area contributed by atoms with Crippen molar-refractivity contribution in [1.29, 1.82) is 0 Å². The van der Waals surface area contributed by atoms with Gasteiger partial charge in [-0.15, -0.1) is 0 Å². The van der Waals surface area contributed by atoms with E-state index in [0.29, 0.717) is 0 Å². The molecule has 0 atom stereocenters. The molecular formula is C17H20O2. The molecule has 0 unspecified atom stereocenters. The number of hydrogen-bond donors (Lipinski definition) is 1. The van der Waals surface area contributed by atoms with Gasteiger partial charge in [-0.3, -0.25) is 4.79 Å². The van der Waals surface area contributed by atoms with Gasteiger partial charge in [-0.25, -0.2) is 0 Å². The number of aliphatic carboxylic acids is 1. The molecule has 0 amide bonds. The van der Waals surface area contributed by atoms with Gasteiger partial charge in [-0.1, -0.05) is 42.8 Å². The average Bonchev–Trinajstić information content (AvgIpc) is 2.41. The maximum atomic E-state index is 10.4. The summed E-state index contributed by atoms with van der Waals surface area (Å²) in [7, 11) is 0. The molecular weight excluding hydrogens is 236 g/mol. The Labute approximate surface area is 114 Å². The van der Waals surface area contributed by atoms with Crippen molar-refractivity contribution in [2.45, 2.75) is 39.0 Å². The van der Waals surface area contributed by atoms with Crippen LogP contribution >= 0.6 is 0 Å². The molecule has 0 aromatic heterocycles. The molecule has 19 heavy (non-hydrogen) atoms. The van der Waals surface area contributed by atoms with E-state index in [1.165, 1.54) is 21.9 Å². The summed E-state index contributed by atoms with van der Waals surface area (Å²) in [5.74, 6) is -0.694. The van der Waals surface area contributed by atoms with E-state index < -0.39 is 5.97 Å². The molecule has 0 aliphatic rings. The van der Waals surface area contributed by atoms with Crippen LogP contribution in [0.5, 0.6) is 0 Å². The van der Waals surface area contributed by atoms with Crippen LogP contribution in [0.4, 0.5) is 0 Å². The van der Waals surface area contributed by atoms with E-state index in [1.807, 2.05) is 0 Å². The lowest BCUT2D eigenvalue weighted by Crippen LogP contribution is -1.95. The van der Waals surface area contributed by atoms with Crippen LogP contribution in [0, 0.1) is 6.92 Å². The van der Waals surface area contributed by atoms with Crippen LogP contribution in [-0.2, 0) is 11.2 Å². The van der Waals surface area contributed by atoms with Gasteiger partial charge in [-0.05, 0) is 48.1 Å². The molecule has 0 radical (unpaired) electrons. The largest absolute Gasteiger partial charge is 0.481 e. The summed E-state index contributed by atoms with van der Waals surface area (Å²) >= 11 is 0. The molecule has 0 aliphatic heterocycles. The Balaban J connectivity index is 2.01. The summed E-state index contributed by atoms with van der Waals surface area (Å²) in [6.07, 6.45) is 4.13. The Morgan fingerprint density at radius 2 is 1.74 bits per heavy atom. The van der Waals surface area contributed by atoms with E-state index in [9.17, 15) is 4.79 Å². The first-order chi connectivity index (χ1) is 9.18. The van der Waals surface area contributed by atoms with Crippen molar-refractivity contribution >= 4 is 16.7 Å². The third-order valence-corrected chi connectivity index (χ3v) is 3.57. The fourth-order valence-corrected chi connectivity index (χ4v) is 2.50. The Hall–Kier alpha value is -1.83. The fourth-order valence-electron chi connectivity index (χ4n) is 2.50. The van der Waals surface area contributed by atoms with Gasteiger partial charge >= 0.3 is 5.97 Å². The zero-order valence-electron chi connectivity index (χ0n) is 11.4. The van der Waals surface area contributed by atoms with Crippen molar-refractivity contribution in [3.63, 3.8) is 0 Å². The minimum absolute atomic E-state index is 0.286. The lowest BCUT2D eigenvalue weighted by atomic mass is 9.96. The molecule has 2 nitrogen and oxygen atoms in total. The van der Waals surface area contributed by atoms with Crippen LogP contribution in [0.2, 0.25) is 0 Å². The Morgan fingerprint density at radius 1 is 1.00 bits per heavy atom. The van der Waals surface area contributed by atoms with Crippen molar-refractivity contribution in [3.8, 4) is 0 Å². The van der Waals surface area contributed by atoms with Gasteiger partial charge in [0.25, 0.3) is 0 Å². The molecule has 0 aliphatic carbocycles. The lowest BCUT2D eigenvalue weighted by molar-refractivity contribution is -0.137. The van der Waals surface area contributed by atoms with Gasteiger partial charge in [0.2, 0.25) is 0 Å². The SMILES string of the molecule is Cc1ccc(CCCCCC(=O)O)c2ccccc12. The number of hydrogen-bond acceptors (Lipinski definition) is 1. The van der Waals surface area contributed by atoms with Crippen LogP contribution in [0.25, 0.3) is 10.8 Å². The standard InChI is InChI=1S/C17H20O2/c1-13-11-12-14(7-3-2-4-10-17(18)19)16-9-6-5-8-15(13)16/h5-6,8-9,11-12H,2-4,7,10H2,1H3,(H,18,19). The normalized spacial score (nSPS) is 10.8. The minimum atomic E-state index is -0.694.